The molecular formula is C21H16Cl4N6S. The first kappa shape index (κ1) is 22.9. The molecule has 0 saturated carbocycles. The van der Waals surface area contributed by atoms with E-state index in [0.717, 1.165) is 11.1 Å². The Bertz CT molecular complexity index is 1270. The summed E-state index contributed by atoms with van der Waals surface area (Å²) in [5.41, 5.74) is 2.55. The fraction of sp³-hybridized carbons (Fsp3) is 0.0952. The highest BCUT2D eigenvalue weighted by Crippen LogP contribution is 2.23. The van der Waals surface area contributed by atoms with Gasteiger partial charge in [0.15, 0.2) is 10.9 Å². The number of rotatable bonds is 6. The summed E-state index contributed by atoms with van der Waals surface area (Å²) < 4.78 is 3.44. The molecule has 2 heterocycles. The van der Waals surface area contributed by atoms with Crippen LogP contribution in [0.2, 0.25) is 20.1 Å². The van der Waals surface area contributed by atoms with E-state index < -0.39 is 0 Å². The monoisotopic (exact) mass is 524 g/mol. The Hall–Kier alpha value is -2.29. The molecule has 2 aromatic carbocycles. The molecule has 32 heavy (non-hydrogen) atoms. The molecule has 0 aliphatic carbocycles. The van der Waals surface area contributed by atoms with E-state index in [9.17, 15) is 0 Å². The first-order valence-corrected chi connectivity index (χ1v) is 11.3. The molecule has 0 unspecified atom stereocenters. The quantitative estimate of drug-likeness (QED) is 0.278. The van der Waals surface area contributed by atoms with Crippen LogP contribution in [0.1, 0.15) is 11.1 Å². The lowest BCUT2D eigenvalue weighted by molar-refractivity contribution is 0.687. The lowest BCUT2D eigenvalue weighted by Crippen LogP contribution is -2.19. The van der Waals surface area contributed by atoms with Gasteiger partial charge in [0, 0.05) is 27.5 Å². The lowest BCUT2D eigenvalue weighted by Gasteiger charge is -2.07. The third-order valence-corrected chi connectivity index (χ3v) is 5.91. The van der Waals surface area contributed by atoms with Gasteiger partial charge in [0.05, 0.1) is 25.0 Å². The Labute approximate surface area is 210 Å². The minimum atomic E-state index is 0.332. The van der Waals surface area contributed by atoms with Crippen LogP contribution in [0.15, 0.2) is 61.1 Å². The SMILES string of the molecule is S=C(Nc1cnn(Cc2ccc(Cl)cc2Cl)c1)Nc1nn(Cc2ccccc2Cl)cc1Cl. The molecular weight excluding hydrogens is 510 g/mol. The van der Waals surface area contributed by atoms with Gasteiger partial charge in [-0.05, 0) is 41.5 Å². The van der Waals surface area contributed by atoms with Gasteiger partial charge in [-0.15, -0.1) is 0 Å². The second-order valence-corrected chi connectivity index (χ2v) is 8.92. The molecule has 0 amide bonds. The van der Waals surface area contributed by atoms with E-state index in [-0.39, 0.29) is 0 Å². The van der Waals surface area contributed by atoms with Crippen LogP contribution in [0.5, 0.6) is 0 Å². The lowest BCUT2D eigenvalue weighted by atomic mass is 10.2. The molecule has 6 nitrogen and oxygen atoms in total. The summed E-state index contributed by atoms with van der Waals surface area (Å²) in [5, 5.41) is 17.5. The van der Waals surface area contributed by atoms with E-state index in [4.69, 9.17) is 58.6 Å². The van der Waals surface area contributed by atoms with E-state index in [2.05, 4.69) is 20.8 Å². The van der Waals surface area contributed by atoms with Crippen molar-refractivity contribution in [1.82, 2.24) is 19.6 Å². The topological polar surface area (TPSA) is 59.7 Å². The van der Waals surface area contributed by atoms with E-state index in [1.165, 1.54) is 0 Å². The van der Waals surface area contributed by atoms with E-state index in [0.29, 0.717) is 49.8 Å². The van der Waals surface area contributed by atoms with Crippen molar-refractivity contribution in [1.29, 1.82) is 0 Å². The van der Waals surface area contributed by atoms with Crippen molar-refractivity contribution >= 4 is 75.2 Å². The summed E-state index contributed by atoms with van der Waals surface area (Å²) in [4.78, 5) is 0. The standard InChI is InChI=1S/C21H16Cl4N6S/c22-15-6-5-14(18(24)7-15)9-30-11-16(8-26-30)27-21(32)28-20-19(25)12-31(29-20)10-13-3-1-2-4-17(13)23/h1-8,11-12H,9-10H2,(H2,27,28,29,32). The fourth-order valence-corrected chi connectivity index (χ4v) is 4.05. The third-order valence-electron chi connectivity index (χ3n) is 4.48. The largest absolute Gasteiger partial charge is 0.330 e. The van der Waals surface area contributed by atoms with Gasteiger partial charge < -0.3 is 10.6 Å². The van der Waals surface area contributed by atoms with Crippen molar-refractivity contribution in [2.24, 2.45) is 0 Å². The van der Waals surface area contributed by atoms with Gasteiger partial charge in [-0.2, -0.15) is 10.2 Å². The normalized spacial score (nSPS) is 10.9. The smallest absolute Gasteiger partial charge is 0.176 e. The van der Waals surface area contributed by atoms with Crippen LogP contribution in [0.4, 0.5) is 11.5 Å². The van der Waals surface area contributed by atoms with Crippen molar-refractivity contribution in [3.05, 3.63) is 92.3 Å². The average Bonchev–Trinajstić information content (AvgIpc) is 3.32. The molecule has 0 atom stereocenters. The van der Waals surface area contributed by atoms with Crippen LogP contribution in [-0.4, -0.2) is 24.7 Å². The zero-order valence-electron chi connectivity index (χ0n) is 16.4. The van der Waals surface area contributed by atoms with E-state index in [1.54, 1.807) is 33.9 Å². The Morgan fingerprint density at radius 2 is 1.59 bits per heavy atom. The zero-order valence-corrected chi connectivity index (χ0v) is 20.2. The Morgan fingerprint density at radius 1 is 0.844 bits per heavy atom. The molecule has 0 spiro atoms. The van der Waals surface area contributed by atoms with Gasteiger partial charge in [-0.25, -0.2) is 0 Å². The number of hydrogen-bond acceptors (Lipinski definition) is 3. The fourth-order valence-electron chi connectivity index (χ4n) is 2.97. The van der Waals surface area contributed by atoms with Gasteiger partial charge in [0.25, 0.3) is 0 Å². The first-order chi connectivity index (χ1) is 15.4. The molecule has 4 aromatic rings. The number of hydrogen-bond donors (Lipinski definition) is 2. The predicted octanol–water partition coefficient (Wildman–Crippen LogP) is 6.60. The number of aromatic nitrogens is 4. The van der Waals surface area contributed by atoms with Gasteiger partial charge in [-0.1, -0.05) is 70.7 Å². The molecule has 0 aliphatic rings. The van der Waals surface area contributed by atoms with Crippen molar-refractivity contribution in [3.63, 3.8) is 0 Å². The van der Waals surface area contributed by atoms with E-state index >= 15 is 0 Å². The maximum absolute atomic E-state index is 6.31. The summed E-state index contributed by atoms with van der Waals surface area (Å²) in [5.74, 6) is 0.441. The Balaban J connectivity index is 1.37. The predicted molar refractivity (Wildman–Crippen MR) is 135 cm³/mol. The number of thiocarbonyl (C=S) groups is 1. The van der Waals surface area contributed by atoms with Crippen LogP contribution in [0.3, 0.4) is 0 Å². The van der Waals surface area contributed by atoms with Crippen molar-refractivity contribution in [2.75, 3.05) is 10.6 Å². The molecule has 0 saturated heterocycles. The Morgan fingerprint density at radius 3 is 2.38 bits per heavy atom. The minimum absolute atomic E-state index is 0.332. The molecule has 11 heteroatoms. The van der Waals surface area contributed by atoms with E-state index in [1.807, 2.05) is 36.5 Å². The number of halogens is 4. The molecule has 0 aliphatic heterocycles. The van der Waals surface area contributed by atoms with Crippen molar-refractivity contribution in [2.45, 2.75) is 13.1 Å². The molecule has 0 fully saturated rings. The molecule has 2 aromatic heterocycles. The molecule has 4 rings (SSSR count). The van der Waals surface area contributed by atoms with Gasteiger partial charge in [0.1, 0.15) is 5.02 Å². The van der Waals surface area contributed by atoms with Crippen molar-refractivity contribution < 1.29 is 0 Å². The van der Waals surface area contributed by atoms with Crippen LogP contribution in [0, 0.1) is 0 Å². The van der Waals surface area contributed by atoms with Gasteiger partial charge in [0.2, 0.25) is 0 Å². The molecule has 164 valence electrons. The van der Waals surface area contributed by atoms with Gasteiger partial charge >= 0.3 is 0 Å². The maximum Gasteiger partial charge on any atom is 0.176 e. The van der Waals surface area contributed by atoms with Crippen LogP contribution >= 0.6 is 58.6 Å². The molecule has 0 radical (unpaired) electrons. The Kier molecular flexibility index (Phi) is 7.23. The minimum Gasteiger partial charge on any atom is -0.330 e. The van der Waals surface area contributed by atoms with Crippen LogP contribution in [0.25, 0.3) is 0 Å². The number of nitrogens with zero attached hydrogens (tertiary/aromatic N) is 4. The summed E-state index contributed by atoms with van der Waals surface area (Å²) in [6, 6.07) is 12.9. The summed E-state index contributed by atoms with van der Waals surface area (Å²) in [6.07, 6.45) is 5.19. The maximum atomic E-state index is 6.31. The first-order valence-electron chi connectivity index (χ1n) is 9.38. The highest BCUT2D eigenvalue weighted by Gasteiger charge is 2.11. The number of benzene rings is 2. The summed E-state index contributed by atoms with van der Waals surface area (Å²) in [6.45, 7) is 0.984. The van der Waals surface area contributed by atoms with Crippen LogP contribution < -0.4 is 10.6 Å². The summed E-state index contributed by atoms with van der Waals surface area (Å²) in [7, 11) is 0. The highest BCUT2D eigenvalue weighted by atomic mass is 35.5. The second kappa shape index (κ2) is 10.1. The van der Waals surface area contributed by atoms with Gasteiger partial charge in [-0.3, -0.25) is 9.36 Å². The van der Waals surface area contributed by atoms with Crippen LogP contribution in [-0.2, 0) is 13.1 Å². The number of nitrogens with one attached hydrogen (secondary N) is 2. The number of anilines is 2. The highest BCUT2D eigenvalue weighted by molar-refractivity contribution is 7.80. The summed E-state index contributed by atoms with van der Waals surface area (Å²) >= 11 is 30.1. The molecule has 2 N–H and O–H groups in total. The third kappa shape index (κ3) is 5.74. The second-order valence-electron chi connectivity index (χ2n) is 6.86. The average molecular weight is 526 g/mol. The van der Waals surface area contributed by atoms with Crippen molar-refractivity contribution in [3.8, 4) is 0 Å². The molecule has 0 bridgehead atoms. The zero-order chi connectivity index (χ0) is 22.7.